The van der Waals surface area contributed by atoms with Crippen molar-refractivity contribution in [2.75, 3.05) is 33.9 Å². The van der Waals surface area contributed by atoms with Crippen LogP contribution in [0.15, 0.2) is 0 Å². The summed E-state index contributed by atoms with van der Waals surface area (Å²) in [5.74, 6) is -0.846. The number of hydrogen-bond donors (Lipinski definition) is 1. The first-order valence-electron chi connectivity index (χ1n) is 6.28. The third kappa shape index (κ3) is 4.18. The molecule has 1 rings (SSSR count). The highest BCUT2D eigenvalue weighted by Gasteiger charge is 2.31. The SMILES string of the molecule is COCCCN(C)C(=O)N1CCCC1CC(=O)O. The van der Waals surface area contributed by atoms with Crippen molar-refractivity contribution in [2.45, 2.75) is 31.7 Å². The summed E-state index contributed by atoms with van der Waals surface area (Å²) in [5, 5.41) is 8.82. The Balaban J connectivity index is 2.45. The molecule has 6 nitrogen and oxygen atoms in total. The molecule has 0 radical (unpaired) electrons. The number of amides is 2. The smallest absolute Gasteiger partial charge is 0.320 e. The van der Waals surface area contributed by atoms with E-state index in [1.165, 1.54) is 0 Å². The van der Waals surface area contributed by atoms with Crippen LogP contribution in [0.5, 0.6) is 0 Å². The topological polar surface area (TPSA) is 70.1 Å². The summed E-state index contributed by atoms with van der Waals surface area (Å²) >= 11 is 0. The molecule has 1 aliphatic heterocycles. The predicted octanol–water partition coefficient (Wildman–Crippen LogP) is 1.01. The van der Waals surface area contributed by atoms with E-state index in [-0.39, 0.29) is 18.5 Å². The van der Waals surface area contributed by atoms with Crippen LogP contribution < -0.4 is 0 Å². The summed E-state index contributed by atoms with van der Waals surface area (Å²) in [5.41, 5.74) is 0. The molecule has 2 amide bonds. The van der Waals surface area contributed by atoms with Crippen LogP contribution in [0.25, 0.3) is 0 Å². The van der Waals surface area contributed by atoms with Crippen molar-refractivity contribution in [3.8, 4) is 0 Å². The monoisotopic (exact) mass is 258 g/mol. The number of nitrogens with zero attached hydrogens (tertiary/aromatic N) is 2. The van der Waals surface area contributed by atoms with Gasteiger partial charge in [-0.05, 0) is 19.3 Å². The van der Waals surface area contributed by atoms with Gasteiger partial charge in [-0.15, -0.1) is 0 Å². The molecule has 0 bridgehead atoms. The van der Waals surface area contributed by atoms with Crippen molar-refractivity contribution in [2.24, 2.45) is 0 Å². The molecule has 104 valence electrons. The molecule has 1 N–H and O–H groups in total. The zero-order valence-corrected chi connectivity index (χ0v) is 11.1. The molecule has 0 aromatic heterocycles. The number of rotatable bonds is 6. The van der Waals surface area contributed by atoms with Crippen LogP contribution in [0.1, 0.15) is 25.7 Å². The minimum atomic E-state index is -0.846. The van der Waals surface area contributed by atoms with E-state index >= 15 is 0 Å². The standard InChI is InChI=1S/C12H22N2O4/c1-13(6-4-8-18-2)12(17)14-7-3-5-10(14)9-11(15)16/h10H,3-9H2,1-2H3,(H,15,16). The summed E-state index contributed by atoms with van der Waals surface area (Å²) in [7, 11) is 3.37. The van der Waals surface area contributed by atoms with Gasteiger partial charge in [0.05, 0.1) is 6.42 Å². The maximum Gasteiger partial charge on any atom is 0.320 e. The third-order valence-electron chi connectivity index (χ3n) is 3.20. The third-order valence-corrected chi connectivity index (χ3v) is 3.20. The fraction of sp³-hybridized carbons (Fsp3) is 0.833. The molecular formula is C12H22N2O4. The number of hydrogen-bond acceptors (Lipinski definition) is 3. The molecule has 0 saturated carbocycles. The Morgan fingerprint density at radius 2 is 2.22 bits per heavy atom. The zero-order chi connectivity index (χ0) is 13.5. The Labute approximate surface area is 107 Å². The number of carboxylic acid groups (broad SMARTS) is 1. The molecule has 0 aromatic rings. The van der Waals surface area contributed by atoms with E-state index < -0.39 is 5.97 Å². The lowest BCUT2D eigenvalue weighted by atomic mass is 10.1. The first-order valence-corrected chi connectivity index (χ1v) is 6.28. The molecule has 1 saturated heterocycles. The molecule has 1 unspecified atom stereocenters. The van der Waals surface area contributed by atoms with E-state index in [9.17, 15) is 9.59 Å². The van der Waals surface area contributed by atoms with Crippen molar-refractivity contribution < 1.29 is 19.4 Å². The van der Waals surface area contributed by atoms with Gasteiger partial charge in [0.25, 0.3) is 0 Å². The Hall–Kier alpha value is -1.30. The number of ether oxygens (including phenoxy) is 1. The second kappa shape index (κ2) is 7.20. The highest BCUT2D eigenvalue weighted by atomic mass is 16.5. The van der Waals surface area contributed by atoms with Crippen LogP contribution in [0.2, 0.25) is 0 Å². The number of carboxylic acids is 1. The van der Waals surface area contributed by atoms with E-state index in [1.807, 2.05) is 0 Å². The molecule has 1 heterocycles. The lowest BCUT2D eigenvalue weighted by Crippen LogP contribution is -2.44. The van der Waals surface area contributed by atoms with Crippen LogP contribution >= 0.6 is 0 Å². The molecule has 1 fully saturated rings. The van der Waals surface area contributed by atoms with Crippen molar-refractivity contribution in [3.05, 3.63) is 0 Å². The van der Waals surface area contributed by atoms with Gasteiger partial charge in [-0.25, -0.2) is 4.79 Å². The Morgan fingerprint density at radius 3 is 2.83 bits per heavy atom. The van der Waals surface area contributed by atoms with Gasteiger partial charge in [-0.3, -0.25) is 4.79 Å². The van der Waals surface area contributed by atoms with E-state index in [2.05, 4.69) is 0 Å². The molecule has 0 aromatic carbocycles. The van der Waals surface area contributed by atoms with Crippen molar-refractivity contribution in [3.63, 3.8) is 0 Å². The average molecular weight is 258 g/mol. The summed E-state index contributed by atoms with van der Waals surface area (Å²) in [4.78, 5) is 26.2. The maximum atomic E-state index is 12.1. The van der Waals surface area contributed by atoms with Crippen molar-refractivity contribution in [1.82, 2.24) is 9.80 Å². The predicted molar refractivity (Wildman–Crippen MR) is 66.5 cm³/mol. The second-order valence-corrected chi connectivity index (χ2v) is 4.64. The molecule has 6 heteroatoms. The van der Waals surface area contributed by atoms with Crippen LogP contribution in [0.4, 0.5) is 4.79 Å². The van der Waals surface area contributed by atoms with Crippen LogP contribution in [0, 0.1) is 0 Å². The van der Waals surface area contributed by atoms with E-state index in [1.54, 1.807) is 24.0 Å². The number of carbonyl (C=O) groups is 2. The highest BCUT2D eigenvalue weighted by molar-refractivity contribution is 5.76. The number of carbonyl (C=O) groups excluding carboxylic acids is 1. The second-order valence-electron chi connectivity index (χ2n) is 4.64. The summed E-state index contributed by atoms with van der Waals surface area (Å²) in [6.07, 6.45) is 2.49. The van der Waals surface area contributed by atoms with E-state index in [0.717, 1.165) is 19.3 Å². The maximum absolute atomic E-state index is 12.1. The van der Waals surface area contributed by atoms with Gasteiger partial charge in [-0.2, -0.15) is 0 Å². The van der Waals surface area contributed by atoms with Crippen LogP contribution in [0.3, 0.4) is 0 Å². The molecule has 0 spiro atoms. The molecule has 0 aliphatic carbocycles. The van der Waals surface area contributed by atoms with Gasteiger partial charge in [0, 0.05) is 39.9 Å². The van der Waals surface area contributed by atoms with Crippen LogP contribution in [-0.4, -0.2) is 66.8 Å². The molecule has 1 aliphatic rings. The average Bonchev–Trinajstić information content (AvgIpc) is 2.75. The first kappa shape index (κ1) is 14.8. The first-order chi connectivity index (χ1) is 8.56. The van der Waals surface area contributed by atoms with Crippen molar-refractivity contribution in [1.29, 1.82) is 0 Å². The molecule has 1 atom stereocenters. The zero-order valence-electron chi connectivity index (χ0n) is 11.1. The Morgan fingerprint density at radius 1 is 1.50 bits per heavy atom. The lowest BCUT2D eigenvalue weighted by Gasteiger charge is -2.29. The number of methoxy groups -OCH3 is 1. The van der Waals surface area contributed by atoms with Crippen LogP contribution in [-0.2, 0) is 9.53 Å². The van der Waals surface area contributed by atoms with Gasteiger partial charge in [0.15, 0.2) is 0 Å². The van der Waals surface area contributed by atoms with Gasteiger partial charge >= 0.3 is 12.0 Å². The Kier molecular flexibility index (Phi) is 5.91. The number of aliphatic carboxylic acids is 1. The Bertz CT molecular complexity index is 296. The summed E-state index contributed by atoms with van der Waals surface area (Å²) in [6, 6.07) is -0.227. The fourth-order valence-corrected chi connectivity index (χ4v) is 2.26. The summed E-state index contributed by atoms with van der Waals surface area (Å²) < 4.78 is 4.94. The minimum Gasteiger partial charge on any atom is -0.481 e. The number of urea groups is 1. The lowest BCUT2D eigenvalue weighted by molar-refractivity contribution is -0.138. The van der Waals surface area contributed by atoms with E-state index in [0.29, 0.717) is 19.7 Å². The summed E-state index contributed by atoms with van der Waals surface area (Å²) in [6.45, 7) is 1.91. The minimum absolute atomic E-state index is 0.0393. The largest absolute Gasteiger partial charge is 0.481 e. The fourth-order valence-electron chi connectivity index (χ4n) is 2.26. The quantitative estimate of drug-likeness (QED) is 0.722. The van der Waals surface area contributed by atoms with Gasteiger partial charge in [-0.1, -0.05) is 0 Å². The van der Waals surface area contributed by atoms with E-state index in [4.69, 9.17) is 9.84 Å². The molecular weight excluding hydrogens is 236 g/mol. The van der Waals surface area contributed by atoms with Gasteiger partial charge in [0.2, 0.25) is 0 Å². The van der Waals surface area contributed by atoms with Gasteiger partial charge < -0.3 is 19.6 Å². The molecule has 18 heavy (non-hydrogen) atoms. The van der Waals surface area contributed by atoms with Crippen molar-refractivity contribution >= 4 is 12.0 Å². The van der Waals surface area contributed by atoms with Gasteiger partial charge in [0.1, 0.15) is 0 Å². The normalized spacial score (nSPS) is 19.0. The highest BCUT2D eigenvalue weighted by Crippen LogP contribution is 2.21. The number of likely N-dealkylation sites (tertiary alicyclic amines) is 1.